The third-order valence-corrected chi connectivity index (χ3v) is 6.39. The maximum Gasteiger partial charge on any atom is 0.329 e. The SMILES string of the molecule is Cc1cc(Oc2ccc3nc(C4=N[C@@H](C(=O)O)CS4)sc3c2)cc(C)c1O. The van der Waals surface area contributed by atoms with Crippen LogP contribution in [0.25, 0.3) is 10.2 Å². The molecule has 0 unspecified atom stereocenters. The Balaban J connectivity index is 1.62. The Labute approximate surface area is 163 Å². The Kier molecular flexibility index (Phi) is 4.53. The van der Waals surface area contributed by atoms with Gasteiger partial charge in [-0.3, -0.25) is 4.99 Å². The van der Waals surface area contributed by atoms with Crippen molar-refractivity contribution in [3.63, 3.8) is 0 Å². The topological polar surface area (TPSA) is 92.0 Å². The second-order valence-corrected chi connectivity index (χ2v) is 8.29. The number of aromatic nitrogens is 1. The maximum absolute atomic E-state index is 11.1. The molecule has 2 aromatic carbocycles. The van der Waals surface area contributed by atoms with E-state index < -0.39 is 12.0 Å². The van der Waals surface area contributed by atoms with Gasteiger partial charge in [-0.25, -0.2) is 9.78 Å². The number of aliphatic imine (C=N–C) groups is 1. The number of fused-ring (bicyclic) bond motifs is 1. The number of aryl methyl sites for hydroxylation is 2. The van der Waals surface area contributed by atoms with Gasteiger partial charge in [-0.15, -0.1) is 23.1 Å². The quantitative estimate of drug-likeness (QED) is 0.676. The van der Waals surface area contributed by atoms with Crippen LogP contribution in [0, 0.1) is 13.8 Å². The standard InChI is InChI=1S/C19H16N2O4S2/c1-9-5-12(6-10(2)16(9)22)25-11-3-4-13-15(7-11)27-18(20-13)17-21-14(8-26-17)19(23)24/h3-7,14,22H,8H2,1-2H3,(H,23,24)/t14-/m1/s1. The fourth-order valence-corrected chi connectivity index (χ4v) is 4.88. The summed E-state index contributed by atoms with van der Waals surface area (Å²) in [6.45, 7) is 3.66. The third-order valence-electron chi connectivity index (χ3n) is 4.18. The Morgan fingerprint density at radius 2 is 1.93 bits per heavy atom. The van der Waals surface area contributed by atoms with E-state index in [0.717, 1.165) is 26.4 Å². The minimum absolute atomic E-state index is 0.277. The highest BCUT2D eigenvalue weighted by Crippen LogP contribution is 2.34. The molecule has 1 aromatic heterocycles. The van der Waals surface area contributed by atoms with E-state index in [1.54, 1.807) is 12.1 Å². The van der Waals surface area contributed by atoms with Crippen molar-refractivity contribution in [1.82, 2.24) is 4.98 Å². The minimum atomic E-state index is -0.909. The summed E-state index contributed by atoms with van der Waals surface area (Å²) in [5.41, 5.74) is 2.34. The van der Waals surface area contributed by atoms with Crippen molar-refractivity contribution in [2.45, 2.75) is 19.9 Å². The minimum Gasteiger partial charge on any atom is -0.507 e. The number of thioether (sulfide) groups is 1. The molecular formula is C19H16N2O4S2. The predicted octanol–water partition coefficient (Wildman–Crippen LogP) is 4.36. The molecule has 2 N–H and O–H groups in total. The highest BCUT2D eigenvalue weighted by Gasteiger charge is 2.26. The van der Waals surface area contributed by atoms with Gasteiger partial charge in [0, 0.05) is 11.8 Å². The first-order valence-electron chi connectivity index (χ1n) is 8.23. The number of carboxylic acid groups (broad SMARTS) is 1. The zero-order valence-electron chi connectivity index (χ0n) is 14.6. The van der Waals surface area contributed by atoms with Gasteiger partial charge in [0.25, 0.3) is 0 Å². The molecule has 0 radical (unpaired) electrons. The molecular weight excluding hydrogens is 384 g/mol. The highest BCUT2D eigenvalue weighted by molar-refractivity contribution is 8.15. The summed E-state index contributed by atoms with van der Waals surface area (Å²) < 4.78 is 6.88. The number of hydrogen-bond donors (Lipinski definition) is 2. The summed E-state index contributed by atoms with van der Waals surface area (Å²) in [6, 6.07) is 8.51. The molecule has 1 atom stereocenters. The van der Waals surface area contributed by atoms with E-state index in [2.05, 4.69) is 9.98 Å². The second kappa shape index (κ2) is 6.86. The molecule has 0 spiro atoms. The first-order chi connectivity index (χ1) is 12.9. The van der Waals surface area contributed by atoms with E-state index in [-0.39, 0.29) is 5.75 Å². The third kappa shape index (κ3) is 3.50. The van der Waals surface area contributed by atoms with Gasteiger partial charge >= 0.3 is 5.97 Å². The number of aliphatic carboxylic acids is 1. The number of carboxylic acids is 1. The van der Waals surface area contributed by atoms with Crippen molar-refractivity contribution in [2.24, 2.45) is 4.99 Å². The molecule has 8 heteroatoms. The summed E-state index contributed by atoms with van der Waals surface area (Å²) in [7, 11) is 0. The van der Waals surface area contributed by atoms with Crippen molar-refractivity contribution < 1.29 is 19.7 Å². The number of benzene rings is 2. The van der Waals surface area contributed by atoms with Crippen LogP contribution in [0.4, 0.5) is 0 Å². The lowest BCUT2D eigenvalue weighted by atomic mass is 10.1. The van der Waals surface area contributed by atoms with Crippen LogP contribution in [0.1, 0.15) is 16.1 Å². The Bertz CT molecular complexity index is 1070. The van der Waals surface area contributed by atoms with Gasteiger partial charge in [-0.2, -0.15) is 0 Å². The number of hydrogen-bond acceptors (Lipinski definition) is 7. The first-order valence-corrected chi connectivity index (χ1v) is 10.0. The molecule has 4 rings (SSSR count). The molecule has 0 saturated carbocycles. The van der Waals surface area contributed by atoms with Crippen LogP contribution < -0.4 is 4.74 Å². The van der Waals surface area contributed by atoms with Crippen molar-refractivity contribution in [1.29, 1.82) is 0 Å². The lowest BCUT2D eigenvalue weighted by Crippen LogP contribution is -2.17. The number of thiazole rings is 1. The van der Waals surface area contributed by atoms with E-state index in [0.29, 0.717) is 22.3 Å². The number of rotatable bonds is 4. The van der Waals surface area contributed by atoms with Crippen LogP contribution in [0.2, 0.25) is 0 Å². The number of ether oxygens (including phenoxy) is 1. The van der Waals surface area contributed by atoms with Crippen molar-refractivity contribution in [3.05, 3.63) is 46.5 Å². The molecule has 6 nitrogen and oxygen atoms in total. The van der Waals surface area contributed by atoms with E-state index in [1.807, 2.05) is 32.0 Å². The molecule has 1 aliphatic heterocycles. The Morgan fingerprint density at radius 1 is 1.19 bits per heavy atom. The van der Waals surface area contributed by atoms with Crippen molar-refractivity contribution in [2.75, 3.05) is 5.75 Å². The fourth-order valence-electron chi connectivity index (χ4n) is 2.79. The van der Waals surface area contributed by atoms with Crippen molar-refractivity contribution >= 4 is 44.3 Å². The zero-order chi connectivity index (χ0) is 19.1. The average molecular weight is 400 g/mol. The van der Waals surface area contributed by atoms with Gasteiger partial charge in [0.2, 0.25) is 0 Å². The molecule has 0 aliphatic carbocycles. The molecule has 0 bridgehead atoms. The smallest absolute Gasteiger partial charge is 0.329 e. The summed E-state index contributed by atoms with van der Waals surface area (Å²) >= 11 is 2.89. The highest BCUT2D eigenvalue weighted by atomic mass is 32.2. The number of aromatic hydroxyl groups is 1. The van der Waals surface area contributed by atoms with Gasteiger partial charge in [-0.1, -0.05) is 0 Å². The van der Waals surface area contributed by atoms with Gasteiger partial charge in [0.1, 0.15) is 27.3 Å². The van der Waals surface area contributed by atoms with Gasteiger partial charge < -0.3 is 14.9 Å². The largest absolute Gasteiger partial charge is 0.507 e. The van der Waals surface area contributed by atoms with Crippen LogP contribution in [0.3, 0.4) is 0 Å². The molecule has 1 aliphatic rings. The number of phenols is 1. The number of phenolic OH excluding ortho intramolecular Hbond substituents is 1. The van der Waals surface area contributed by atoms with Crippen LogP contribution in [0.5, 0.6) is 17.2 Å². The maximum atomic E-state index is 11.1. The molecule has 138 valence electrons. The summed E-state index contributed by atoms with van der Waals surface area (Å²) in [5.74, 6) is 1.14. The monoisotopic (exact) mass is 400 g/mol. The summed E-state index contributed by atoms with van der Waals surface area (Å²) in [5, 5.41) is 20.4. The second-order valence-electron chi connectivity index (χ2n) is 6.26. The van der Waals surface area contributed by atoms with Gasteiger partial charge in [-0.05, 0) is 49.2 Å². The van der Waals surface area contributed by atoms with Crippen LogP contribution in [-0.4, -0.2) is 38.0 Å². The van der Waals surface area contributed by atoms with Crippen LogP contribution in [-0.2, 0) is 4.79 Å². The van der Waals surface area contributed by atoms with Crippen molar-refractivity contribution in [3.8, 4) is 17.2 Å². The molecule has 27 heavy (non-hydrogen) atoms. The van der Waals surface area contributed by atoms with Crippen LogP contribution in [0.15, 0.2) is 35.3 Å². The Morgan fingerprint density at radius 3 is 2.59 bits per heavy atom. The normalized spacial score (nSPS) is 16.5. The number of carbonyl (C=O) groups is 1. The Hall–Kier alpha value is -2.58. The van der Waals surface area contributed by atoms with Crippen LogP contribution >= 0.6 is 23.1 Å². The summed E-state index contributed by atoms with van der Waals surface area (Å²) in [4.78, 5) is 19.9. The molecule has 3 aromatic rings. The molecule has 2 heterocycles. The van der Waals surface area contributed by atoms with E-state index in [4.69, 9.17) is 9.84 Å². The fraction of sp³-hybridized carbons (Fsp3) is 0.211. The number of nitrogens with zero attached hydrogens (tertiary/aromatic N) is 2. The predicted molar refractivity (Wildman–Crippen MR) is 108 cm³/mol. The summed E-state index contributed by atoms with van der Waals surface area (Å²) in [6.07, 6.45) is 0. The zero-order valence-corrected chi connectivity index (χ0v) is 16.2. The van der Waals surface area contributed by atoms with E-state index in [9.17, 15) is 9.90 Å². The van der Waals surface area contributed by atoms with E-state index >= 15 is 0 Å². The lowest BCUT2D eigenvalue weighted by molar-refractivity contribution is -0.137. The lowest BCUT2D eigenvalue weighted by Gasteiger charge is -2.09. The van der Waals surface area contributed by atoms with Gasteiger partial charge in [0.05, 0.1) is 10.2 Å². The van der Waals surface area contributed by atoms with Gasteiger partial charge in [0.15, 0.2) is 6.04 Å². The molecule has 0 fully saturated rings. The van der Waals surface area contributed by atoms with E-state index in [1.165, 1.54) is 23.1 Å². The molecule has 0 amide bonds. The average Bonchev–Trinajstić information content (AvgIpc) is 3.26. The first kappa shape index (κ1) is 17.8. The molecule has 0 saturated heterocycles.